The van der Waals surface area contributed by atoms with Crippen LogP contribution in [-0.4, -0.2) is 45.2 Å². The van der Waals surface area contributed by atoms with Crippen LogP contribution in [0.5, 0.6) is 0 Å². The molecule has 0 bridgehead atoms. The van der Waals surface area contributed by atoms with Gasteiger partial charge in [-0.25, -0.2) is 0 Å². The Balaban J connectivity index is 1.67. The predicted octanol–water partition coefficient (Wildman–Crippen LogP) is 2.43. The molecule has 1 aromatic carbocycles. The van der Waals surface area contributed by atoms with Crippen molar-refractivity contribution in [3.05, 3.63) is 23.8 Å². The molecule has 0 saturated carbocycles. The van der Waals surface area contributed by atoms with Crippen molar-refractivity contribution in [2.24, 2.45) is 5.92 Å². The number of aryl methyl sites for hydroxylation is 1. The van der Waals surface area contributed by atoms with Crippen molar-refractivity contribution in [1.29, 1.82) is 0 Å². The number of rotatable bonds is 3. The van der Waals surface area contributed by atoms with Crippen molar-refractivity contribution < 1.29 is 0 Å². The van der Waals surface area contributed by atoms with Crippen molar-refractivity contribution in [3.8, 4) is 0 Å². The second kappa shape index (κ2) is 5.41. The van der Waals surface area contributed by atoms with Crippen LogP contribution in [0.2, 0.25) is 0 Å². The lowest BCUT2D eigenvalue weighted by atomic mass is 10.0. The molecule has 1 atom stereocenters. The summed E-state index contributed by atoms with van der Waals surface area (Å²) in [5, 5.41) is 3.52. The van der Waals surface area contributed by atoms with Crippen molar-refractivity contribution in [1.82, 2.24) is 4.90 Å². The second-order valence-electron chi connectivity index (χ2n) is 6.17. The molecule has 1 fully saturated rings. The number of fused-ring (bicyclic) bond motifs is 1. The molecule has 2 heterocycles. The number of nitrogens with zero attached hydrogens (tertiary/aromatic N) is 2. The van der Waals surface area contributed by atoms with E-state index in [1.807, 2.05) is 0 Å². The van der Waals surface area contributed by atoms with E-state index in [0.717, 1.165) is 12.5 Å². The average Bonchev–Trinajstić information content (AvgIpc) is 2.83. The Kier molecular flexibility index (Phi) is 3.65. The molecule has 1 aromatic rings. The minimum atomic E-state index is 0.819. The molecule has 2 aliphatic rings. The summed E-state index contributed by atoms with van der Waals surface area (Å²) in [5.74, 6) is 0.819. The summed E-state index contributed by atoms with van der Waals surface area (Å²) < 4.78 is 0. The van der Waals surface area contributed by atoms with Gasteiger partial charge in [0.05, 0.1) is 0 Å². The Morgan fingerprint density at radius 3 is 3.11 bits per heavy atom. The monoisotopic (exact) mass is 259 g/mol. The zero-order chi connectivity index (χ0) is 13.2. The minimum Gasteiger partial charge on any atom is -0.385 e. The molecule has 1 saturated heterocycles. The van der Waals surface area contributed by atoms with Crippen molar-refractivity contribution in [2.45, 2.75) is 19.3 Å². The SMILES string of the molecule is CN1CCC(CN(C)c2ccc3c(c2)NCCC3)C1. The summed E-state index contributed by atoms with van der Waals surface area (Å²) in [4.78, 5) is 4.85. The first-order chi connectivity index (χ1) is 9.22. The molecular weight excluding hydrogens is 234 g/mol. The van der Waals surface area contributed by atoms with Gasteiger partial charge in [0.25, 0.3) is 0 Å². The van der Waals surface area contributed by atoms with Gasteiger partial charge in [0.15, 0.2) is 0 Å². The molecule has 19 heavy (non-hydrogen) atoms. The fourth-order valence-electron chi connectivity index (χ4n) is 3.35. The summed E-state index contributed by atoms with van der Waals surface area (Å²) in [6, 6.07) is 6.91. The third kappa shape index (κ3) is 2.86. The largest absolute Gasteiger partial charge is 0.385 e. The standard InChI is InChI=1S/C16H25N3/c1-18-9-7-13(11-18)12-19(2)15-6-5-14-4-3-8-17-16(14)10-15/h5-6,10,13,17H,3-4,7-9,11-12H2,1-2H3. The Bertz CT molecular complexity index is 444. The maximum absolute atomic E-state index is 3.52. The van der Waals surface area contributed by atoms with Gasteiger partial charge in [-0.2, -0.15) is 0 Å². The molecule has 3 rings (SSSR count). The van der Waals surface area contributed by atoms with Crippen LogP contribution >= 0.6 is 0 Å². The zero-order valence-corrected chi connectivity index (χ0v) is 12.2. The summed E-state index contributed by atoms with van der Waals surface area (Å²) in [6.45, 7) is 4.79. The van der Waals surface area contributed by atoms with E-state index in [1.165, 1.54) is 55.8 Å². The molecule has 1 N–H and O–H groups in total. The van der Waals surface area contributed by atoms with Crippen molar-refractivity contribution in [2.75, 3.05) is 50.5 Å². The van der Waals surface area contributed by atoms with Crippen LogP contribution < -0.4 is 10.2 Å². The lowest BCUT2D eigenvalue weighted by molar-refractivity contribution is 0.396. The Labute approximate surface area is 116 Å². The summed E-state index contributed by atoms with van der Waals surface area (Å²) in [7, 11) is 4.45. The third-order valence-electron chi connectivity index (χ3n) is 4.49. The summed E-state index contributed by atoms with van der Waals surface area (Å²) >= 11 is 0. The lowest BCUT2D eigenvalue weighted by Gasteiger charge is -2.26. The van der Waals surface area contributed by atoms with E-state index in [0.29, 0.717) is 0 Å². The number of hydrogen-bond acceptors (Lipinski definition) is 3. The molecule has 0 radical (unpaired) electrons. The topological polar surface area (TPSA) is 18.5 Å². The quantitative estimate of drug-likeness (QED) is 0.899. The van der Waals surface area contributed by atoms with E-state index in [-0.39, 0.29) is 0 Å². The van der Waals surface area contributed by atoms with Gasteiger partial charge in [0, 0.05) is 38.1 Å². The van der Waals surface area contributed by atoms with Gasteiger partial charge in [-0.3, -0.25) is 0 Å². The van der Waals surface area contributed by atoms with Crippen LogP contribution in [0.3, 0.4) is 0 Å². The highest BCUT2D eigenvalue weighted by atomic mass is 15.2. The Hall–Kier alpha value is -1.22. The van der Waals surface area contributed by atoms with Crippen LogP contribution in [0.4, 0.5) is 11.4 Å². The van der Waals surface area contributed by atoms with Crippen LogP contribution in [0.15, 0.2) is 18.2 Å². The highest BCUT2D eigenvalue weighted by Crippen LogP contribution is 2.28. The van der Waals surface area contributed by atoms with Gasteiger partial charge >= 0.3 is 0 Å². The molecule has 2 aliphatic heterocycles. The zero-order valence-electron chi connectivity index (χ0n) is 12.2. The maximum atomic E-state index is 3.52. The first-order valence-corrected chi connectivity index (χ1v) is 7.49. The van der Waals surface area contributed by atoms with Gasteiger partial charge in [0.1, 0.15) is 0 Å². The predicted molar refractivity (Wildman–Crippen MR) is 82.1 cm³/mol. The molecule has 0 aromatic heterocycles. The Morgan fingerprint density at radius 2 is 2.32 bits per heavy atom. The minimum absolute atomic E-state index is 0.819. The van der Waals surface area contributed by atoms with Crippen LogP contribution in [0.25, 0.3) is 0 Å². The molecule has 1 unspecified atom stereocenters. The maximum Gasteiger partial charge on any atom is 0.0393 e. The average molecular weight is 259 g/mol. The third-order valence-corrected chi connectivity index (χ3v) is 4.49. The molecule has 0 amide bonds. The van der Waals surface area contributed by atoms with Gasteiger partial charge in [-0.15, -0.1) is 0 Å². The number of anilines is 2. The molecular formula is C16H25N3. The van der Waals surface area contributed by atoms with Gasteiger partial charge in [-0.05, 0) is 56.5 Å². The van der Waals surface area contributed by atoms with E-state index in [2.05, 4.69) is 47.4 Å². The van der Waals surface area contributed by atoms with E-state index in [9.17, 15) is 0 Å². The lowest BCUT2D eigenvalue weighted by Crippen LogP contribution is -2.27. The Morgan fingerprint density at radius 1 is 1.42 bits per heavy atom. The van der Waals surface area contributed by atoms with E-state index in [1.54, 1.807) is 0 Å². The molecule has 0 spiro atoms. The van der Waals surface area contributed by atoms with Crippen LogP contribution in [0, 0.1) is 5.92 Å². The number of nitrogens with one attached hydrogen (secondary N) is 1. The van der Waals surface area contributed by atoms with Crippen molar-refractivity contribution >= 4 is 11.4 Å². The van der Waals surface area contributed by atoms with Crippen LogP contribution in [0.1, 0.15) is 18.4 Å². The molecule has 104 valence electrons. The number of hydrogen-bond donors (Lipinski definition) is 1. The van der Waals surface area contributed by atoms with Gasteiger partial charge in [0.2, 0.25) is 0 Å². The first-order valence-electron chi connectivity index (χ1n) is 7.49. The second-order valence-corrected chi connectivity index (χ2v) is 6.17. The van der Waals surface area contributed by atoms with E-state index >= 15 is 0 Å². The normalized spacial score (nSPS) is 22.9. The molecule has 3 heteroatoms. The smallest absolute Gasteiger partial charge is 0.0393 e. The highest BCUT2D eigenvalue weighted by molar-refractivity contribution is 5.63. The van der Waals surface area contributed by atoms with E-state index in [4.69, 9.17) is 0 Å². The summed E-state index contributed by atoms with van der Waals surface area (Å²) in [5.41, 5.74) is 4.17. The fraction of sp³-hybridized carbons (Fsp3) is 0.625. The highest BCUT2D eigenvalue weighted by Gasteiger charge is 2.21. The number of likely N-dealkylation sites (tertiary alicyclic amines) is 1. The number of benzene rings is 1. The van der Waals surface area contributed by atoms with E-state index < -0.39 is 0 Å². The van der Waals surface area contributed by atoms with Gasteiger partial charge < -0.3 is 15.1 Å². The molecule has 3 nitrogen and oxygen atoms in total. The molecule has 0 aliphatic carbocycles. The fourth-order valence-corrected chi connectivity index (χ4v) is 3.35. The first kappa shape index (κ1) is 12.8. The summed E-state index contributed by atoms with van der Waals surface area (Å²) in [6.07, 6.45) is 3.82. The van der Waals surface area contributed by atoms with Crippen molar-refractivity contribution in [3.63, 3.8) is 0 Å². The van der Waals surface area contributed by atoms with Gasteiger partial charge in [-0.1, -0.05) is 6.07 Å². The van der Waals surface area contributed by atoms with Crippen LogP contribution in [-0.2, 0) is 6.42 Å².